The van der Waals surface area contributed by atoms with Crippen molar-refractivity contribution in [2.24, 2.45) is 17.3 Å². The van der Waals surface area contributed by atoms with Crippen LogP contribution in [0.15, 0.2) is 0 Å². The van der Waals surface area contributed by atoms with Crippen molar-refractivity contribution in [1.29, 1.82) is 0 Å². The third kappa shape index (κ3) is 6.67. The summed E-state index contributed by atoms with van der Waals surface area (Å²) >= 11 is 0. The zero-order chi connectivity index (χ0) is 13.6. The molecule has 0 bridgehead atoms. The summed E-state index contributed by atoms with van der Waals surface area (Å²) in [5, 5.41) is 0. The predicted molar refractivity (Wildman–Crippen MR) is 69.6 cm³/mol. The highest BCUT2D eigenvalue weighted by Gasteiger charge is 2.33. The van der Waals surface area contributed by atoms with Crippen molar-refractivity contribution < 1.29 is 14.3 Å². The van der Waals surface area contributed by atoms with Crippen molar-refractivity contribution in [3.63, 3.8) is 0 Å². The van der Waals surface area contributed by atoms with Crippen molar-refractivity contribution in [3.8, 4) is 0 Å². The van der Waals surface area contributed by atoms with Gasteiger partial charge in [0.1, 0.15) is 0 Å². The van der Waals surface area contributed by atoms with E-state index in [2.05, 4.69) is 34.6 Å². The number of esters is 1. The molecule has 17 heavy (non-hydrogen) atoms. The number of rotatable bonds is 6. The zero-order valence-electron chi connectivity index (χ0n) is 12.4. The Morgan fingerprint density at radius 3 is 2.06 bits per heavy atom. The smallest absolute Gasteiger partial charge is 0.311 e. The molecular formula is C14H28O3. The SMILES string of the molecule is CCOC(C)OC(=O)C(CC(C)C)C(C)(C)C. The standard InChI is InChI=1S/C14H28O3/c1-8-16-11(4)17-13(15)12(9-10(2)3)14(5,6)7/h10-12H,8-9H2,1-7H3. The number of carbonyl (C=O) groups is 1. The van der Waals surface area contributed by atoms with Gasteiger partial charge in [-0.25, -0.2) is 0 Å². The fourth-order valence-corrected chi connectivity index (χ4v) is 1.79. The maximum Gasteiger partial charge on any atom is 0.311 e. The molecule has 2 unspecified atom stereocenters. The van der Waals surface area contributed by atoms with Gasteiger partial charge in [-0.15, -0.1) is 0 Å². The van der Waals surface area contributed by atoms with Gasteiger partial charge in [-0.05, 0) is 31.6 Å². The van der Waals surface area contributed by atoms with Crippen molar-refractivity contribution in [1.82, 2.24) is 0 Å². The van der Waals surface area contributed by atoms with Crippen LogP contribution < -0.4 is 0 Å². The highest BCUT2D eigenvalue weighted by atomic mass is 16.7. The van der Waals surface area contributed by atoms with Gasteiger partial charge in [-0.2, -0.15) is 0 Å². The van der Waals surface area contributed by atoms with Crippen molar-refractivity contribution >= 4 is 5.97 Å². The van der Waals surface area contributed by atoms with E-state index in [1.54, 1.807) is 6.92 Å². The lowest BCUT2D eigenvalue weighted by Gasteiger charge is -2.31. The third-order valence-electron chi connectivity index (χ3n) is 2.72. The summed E-state index contributed by atoms with van der Waals surface area (Å²) < 4.78 is 10.6. The van der Waals surface area contributed by atoms with Crippen LogP contribution in [0.3, 0.4) is 0 Å². The molecule has 0 aliphatic carbocycles. The van der Waals surface area contributed by atoms with Crippen LogP contribution in [0.1, 0.15) is 54.9 Å². The average molecular weight is 244 g/mol. The number of carbonyl (C=O) groups excluding carboxylic acids is 1. The van der Waals surface area contributed by atoms with Gasteiger partial charge in [0.2, 0.25) is 0 Å². The Bertz CT molecular complexity index is 228. The maximum absolute atomic E-state index is 12.1. The minimum absolute atomic E-state index is 0.0761. The largest absolute Gasteiger partial charge is 0.436 e. The van der Waals surface area contributed by atoms with E-state index in [0.717, 1.165) is 6.42 Å². The molecule has 0 fully saturated rings. The van der Waals surface area contributed by atoms with Crippen LogP contribution >= 0.6 is 0 Å². The van der Waals surface area contributed by atoms with Crippen LogP contribution in [0.25, 0.3) is 0 Å². The lowest BCUT2D eigenvalue weighted by atomic mass is 9.76. The minimum atomic E-state index is -0.454. The Morgan fingerprint density at radius 2 is 1.71 bits per heavy atom. The summed E-state index contributed by atoms with van der Waals surface area (Å²) in [4.78, 5) is 12.1. The molecule has 0 amide bonds. The molecule has 3 nitrogen and oxygen atoms in total. The molecule has 102 valence electrons. The van der Waals surface area contributed by atoms with Gasteiger partial charge in [-0.3, -0.25) is 4.79 Å². The molecule has 0 radical (unpaired) electrons. The van der Waals surface area contributed by atoms with E-state index >= 15 is 0 Å². The monoisotopic (exact) mass is 244 g/mol. The van der Waals surface area contributed by atoms with Crippen molar-refractivity contribution in [2.45, 2.75) is 61.2 Å². The first kappa shape index (κ1) is 16.4. The molecule has 0 heterocycles. The number of hydrogen-bond acceptors (Lipinski definition) is 3. The second-order valence-corrected chi connectivity index (χ2v) is 6.01. The topological polar surface area (TPSA) is 35.5 Å². The molecule has 0 rings (SSSR count). The Labute approximate surface area is 106 Å². The molecule has 0 N–H and O–H groups in total. The quantitative estimate of drug-likeness (QED) is 0.529. The van der Waals surface area contributed by atoms with Gasteiger partial charge in [0, 0.05) is 6.61 Å². The van der Waals surface area contributed by atoms with E-state index in [1.807, 2.05) is 6.92 Å². The highest BCUT2D eigenvalue weighted by Crippen LogP contribution is 2.32. The first-order valence-electron chi connectivity index (χ1n) is 6.50. The maximum atomic E-state index is 12.1. The summed E-state index contributed by atoms with van der Waals surface area (Å²) in [6.07, 6.45) is 0.394. The lowest BCUT2D eigenvalue weighted by Crippen LogP contribution is -2.34. The number of hydrogen-bond donors (Lipinski definition) is 0. The molecular weight excluding hydrogens is 216 g/mol. The van der Waals surface area contributed by atoms with Gasteiger partial charge in [0.15, 0.2) is 6.29 Å². The second kappa shape index (κ2) is 7.00. The first-order chi connectivity index (χ1) is 7.68. The molecule has 3 heteroatoms. The summed E-state index contributed by atoms with van der Waals surface area (Å²) in [6, 6.07) is 0. The highest BCUT2D eigenvalue weighted by molar-refractivity contribution is 5.73. The van der Waals surface area contributed by atoms with Crippen molar-refractivity contribution in [3.05, 3.63) is 0 Å². The third-order valence-corrected chi connectivity index (χ3v) is 2.72. The van der Waals surface area contributed by atoms with Crippen LogP contribution in [-0.2, 0) is 14.3 Å². The molecule has 0 spiro atoms. The van der Waals surface area contributed by atoms with Gasteiger partial charge >= 0.3 is 5.97 Å². The fraction of sp³-hybridized carbons (Fsp3) is 0.929. The van der Waals surface area contributed by atoms with E-state index in [-0.39, 0.29) is 17.3 Å². The predicted octanol–water partition coefficient (Wildman–Crippen LogP) is 3.62. The average Bonchev–Trinajstić information content (AvgIpc) is 2.12. The molecule has 0 aromatic carbocycles. The molecule has 0 aromatic heterocycles. The second-order valence-electron chi connectivity index (χ2n) is 6.01. The van der Waals surface area contributed by atoms with E-state index < -0.39 is 6.29 Å². The lowest BCUT2D eigenvalue weighted by molar-refractivity contribution is -0.182. The minimum Gasteiger partial charge on any atom is -0.436 e. The summed E-state index contributed by atoms with van der Waals surface area (Å²) in [6.45, 7) is 14.7. The van der Waals surface area contributed by atoms with Crippen molar-refractivity contribution in [2.75, 3.05) is 6.61 Å². The van der Waals surface area contributed by atoms with Crippen LogP contribution in [0.4, 0.5) is 0 Å². The Hall–Kier alpha value is -0.570. The zero-order valence-corrected chi connectivity index (χ0v) is 12.4. The molecule has 0 aliphatic rings. The van der Waals surface area contributed by atoms with E-state index in [0.29, 0.717) is 12.5 Å². The van der Waals surface area contributed by atoms with Gasteiger partial charge < -0.3 is 9.47 Å². The Kier molecular flexibility index (Phi) is 6.76. The first-order valence-corrected chi connectivity index (χ1v) is 6.50. The Balaban J connectivity index is 4.54. The van der Waals surface area contributed by atoms with Crippen LogP contribution in [0, 0.1) is 17.3 Å². The molecule has 0 saturated carbocycles. The van der Waals surface area contributed by atoms with Crippen LogP contribution in [-0.4, -0.2) is 18.9 Å². The normalized spacial score (nSPS) is 15.8. The van der Waals surface area contributed by atoms with E-state index in [9.17, 15) is 4.79 Å². The fourth-order valence-electron chi connectivity index (χ4n) is 1.79. The summed E-state index contributed by atoms with van der Waals surface area (Å²) in [5.41, 5.74) is -0.0761. The van der Waals surface area contributed by atoms with Gasteiger partial charge in [0.25, 0.3) is 0 Å². The van der Waals surface area contributed by atoms with Crippen LogP contribution in [0.5, 0.6) is 0 Å². The molecule has 2 atom stereocenters. The number of ether oxygens (including phenoxy) is 2. The summed E-state index contributed by atoms with van der Waals surface area (Å²) in [5.74, 6) is 0.256. The molecule has 0 aromatic rings. The molecule has 0 aliphatic heterocycles. The van der Waals surface area contributed by atoms with Gasteiger partial charge in [0.05, 0.1) is 5.92 Å². The van der Waals surface area contributed by atoms with Crippen LogP contribution in [0.2, 0.25) is 0 Å². The molecule has 0 saturated heterocycles. The van der Waals surface area contributed by atoms with Gasteiger partial charge in [-0.1, -0.05) is 34.6 Å². The van der Waals surface area contributed by atoms with E-state index in [1.165, 1.54) is 0 Å². The summed E-state index contributed by atoms with van der Waals surface area (Å²) in [7, 11) is 0. The Morgan fingerprint density at radius 1 is 1.18 bits per heavy atom. The van der Waals surface area contributed by atoms with E-state index in [4.69, 9.17) is 9.47 Å².